The summed E-state index contributed by atoms with van der Waals surface area (Å²) in [7, 11) is -3.30. The summed E-state index contributed by atoms with van der Waals surface area (Å²) in [4.78, 5) is 3.34. The number of rotatable bonds is 6. The first-order valence-corrected chi connectivity index (χ1v) is 15.3. The lowest BCUT2D eigenvalue weighted by Crippen LogP contribution is -2.37. The summed E-state index contributed by atoms with van der Waals surface area (Å²) >= 11 is 4.35. The molecule has 9 heteroatoms. The number of aromatic nitrogens is 2. The predicted molar refractivity (Wildman–Crippen MR) is 153 cm³/mol. The van der Waals surface area contributed by atoms with Crippen molar-refractivity contribution in [3.8, 4) is 23.1 Å². The number of hydrogen-bond acceptors (Lipinski definition) is 6. The Kier molecular flexibility index (Phi) is 8.26. The second-order valence-corrected chi connectivity index (χ2v) is 12.5. The third kappa shape index (κ3) is 6.33. The Bertz CT molecular complexity index is 1460. The third-order valence-corrected chi connectivity index (χ3v) is 8.78. The number of ether oxygens (including phenoxy) is 1. The molecule has 0 aliphatic carbocycles. The SMILES string of the molecule is Cc1ccc(-c2nn(CCCN3CCOCC3)c3c2CN(S(C)(=O)=O)CC3)cc1C#Cc1ccc(S)cc1. The minimum Gasteiger partial charge on any atom is -0.379 e. The molecule has 0 spiro atoms. The van der Waals surface area contributed by atoms with Gasteiger partial charge in [0.25, 0.3) is 0 Å². The summed E-state index contributed by atoms with van der Waals surface area (Å²) in [5.41, 5.74) is 6.90. The molecule has 5 rings (SSSR count). The van der Waals surface area contributed by atoms with Crippen molar-refractivity contribution in [3.63, 3.8) is 0 Å². The van der Waals surface area contributed by atoms with Crippen LogP contribution in [0.1, 0.15) is 34.4 Å². The molecule has 0 bridgehead atoms. The van der Waals surface area contributed by atoms with Crippen LogP contribution in [0.4, 0.5) is 0 Å². The van der Waals surface area contributed by atoms with E-state index in [1.807, 2.05) is 24.3 Å². The number of benzene rings is 2. The van der Waals surface area contributed by atoms with E-state index in [-0.39, 0.29) is 0 Å². The monoisotopic (exact) mass is 550 g/mol. The third-order valence-electron chi connectivity index (χ3n) is 7.24. The minimum atomic E-state index is -3.30. The highest BCUT2D eigenvalue weighted by molar-refractivity contribution is 7.88. The van der Waals surface area contributed by atoms with Crippen LogP contribution in [-0.2, 0) is 34.3 Å². The fourth-order valence-corrected chi connectivity index (χ4v) is 5.96. The molecule has 7 nitrogen and oxygen atoms in total. The summed E-state index contributed by atoms with van der Waals surface area (Å²) < 4.78 is 33.9. The molecule has 38 heavy (non-hydrogen) atoms. The molecule has 1 aromatic heterocycles. The molecule has 0 amide bonds. The number of fused-ring (bicyclic) bond motifs is 1. The van der Waals surface area contributed by atoms with Gasteiger partial charge in [0.2, 0.25) is 10.0 Å². The number of sulfonamides is 1. The Morgan fingerprint density at radius 3 is 2.53 bits per heavy atom. The van der Waals surface area contributed by atoms with Crippen molar-refractivity contribution >= 4 is 22.7 Å². The van der Waals surface area contributed by atoms with Gasteiger partial charge in [0.05, 0.1) is 25.2 Å². The molecular formula is C29H34N4O3S2. The molecule has 0 unspecified atom stereocenters. The van der Waals surface area contributed by atoms with Gasteiger partial charge in [-0.05, 0) is 49.2 Å². The average Bonchev–Trinajstić information content (AvgIpc) is 3.27. The first kappa shape index (κ1) is 27.0. The number of morpholine rings is 1. The molecule has 3 heterocycles. The molecule has 2 aromatic carbocycles. The molecule has 0 saturated carbocycles. The van der Waals surface area contributed by atoms with Crippen molar-refractivity contribution in [2.24, 2.45) is 0 Å². The maximum absolute atomic E-state index is 12.4. The second kappa shape index (κ2) is 11.6. The van der Waals surface area contributed by atoms with Crippen LogP contribution >= 0.6 is 12.6 Å². The van der Waals surface area contributed by atoms with Crippen LogP contribution in [-0.4, -0.2) is 73.1 Å². The van der Waals surface area contributed by atoms with Crippen LogP contribution in [0.5, 0.6) is 0 Å². The quantitative estimate of drug-likeness (QED) is 0.375. The van der Waals surface area contributed by atoms with E-state index in [1.54, 1.807) is 4.31 Å². The first-order chi connectivity index (χ1) is 18.3. The van der Waals surface area contributed by atoms with Gasteiger partial charge in [0.1, 0.15) is 0 Å². The molecule has 1 fully saturated rings. The van der Waals surface area contributed by atoms with Gasteiger partial charge in [-0.3, -0.25) is 9.58 Å². The van der Waals surface area contributed by atoms with Crippen molar-refractivity contribution in [1.29, 1.82) is 0 Å². The van der Waals surface area contributed by atoms with Crippen LogP contribution in [0.15, 0.2) is 47.4 Å². The van der Waals surface area contributed by atoms with E-state index in [0.29, 0.717) is 19.5 Å². The van der Waals surface area contributed by atoms with Crippen molar-refractivity contribution in [2.45, 2.75) is 37.8 Å². The van der Waals surface area contributed by atoms with Crippen molar-refractivity contribution in [3.05, 3.63) is 70.4 Å². The Hall–Kier alpha value is -2.61. The van der Waals surface area contributed by atoms with Gasteiger partial charge in [-0.15, -0.1) is 12.6 Å². The predicted octanol–water partition coefficient (Wildman–Crippen LogP) is 3.59. The van der Waals surface area contributed by atoms with Crippen molar-refractivity contribution in [1.82, 2.24) is 19.0 Å². The van der Waals surface area contributed by atoms with E-state index in [0.717, 1.165) is 89.9 Å². The lowest BCUT2D eigenvalue weighted by atomic mass is 9.98. The van der Waals surface area contributed by atoms with Crippen LogP contribution in [0.2, 0.25) is 0 Å². The Morgan fingerprint density at radius 2 is 1.79 bits per heavy atom. The molecule has 1 saturated heterocycles. The Balaban J connectivity index is 1.45. The van der Waals surface area contributed by atoms with Gasteiger partial charge in [-0.1, -0.05) is 24.0 Å². The molecule has 2 aliphatic rings. The smallest absolute Gasteiger partial charge is 0.211 e. The van der Waals surface area contributed by atoms with Gasteiger partial charge in [-0.2, -0.15) is 9.40 Å². The van der Waals surface area contributed by atoms with Gasteiger partial charge in [0.15, 0.2) is 0 Å². The summed E-state index contributed by atoms with van der Waals surface area (Å²) in [5, 5.41) is 5.06. The topological polar surface area (TPSA) is 67.7 Å². The average molecular weight is 551 g/mol. The number of nitrogens with zero attached hydrogens (tertiary/aromatic N) is 4. The first-order valence-electron chi connectivity index (χ1n) is 13.0. The zero-order valence-electron chi connectivity index (χ0n) is 22.0. The molecular weight excluding hydrogens is 516 g/mol. The van der Waals surface area contributed by atoms with E-state index in [9.17, 15) is 8.42 Å². The van der Waals surface area contributed by atoms with Gasteiger partial charge in [0, 0.05) is 78.5 Å². The largest absolute Gasteiger partial charge is 0.379 e. The van der Waals surface area contributed by atoms with E-state index in [1.165, 1.54) is 6.26 Å². The standard InChI is InChI=1S/C29H34N4O3S2/c1-22-4-8-25(20-24(22)9-5-23-6-10-26(37)11-7-23)29-27-21-32(38(2,34)35)15-12-28(27)33(30-29)14-3-13-31-16-18-36-19-17-31/h4,6-8,10-11,20,37H,3,12-19,21H2,1-2H3. The minimum absolute atomic E-state index is 0.345. The Labute approximate surface area is 231 Å². The molecule has 200 valence electrons. The molecule has 0 atom stereocenters. The molecule has 3 aromatic rings. The summed E-state index contributed by atoms with van der Waals surface area (Å²) in [6.45, 7) is 8.21. The van der Waals surface area contributed by atoms with Gasteiger partial charge >= 0.3 is 0 Å². The van der Waals surface area contributed by atoms with Crippen molar-refractivity contribution < 1.29 is 13.2 Å². The maximum Gasteiger partial charge on any atom is 0.211 e. The fraction of sp³-hybridized carbons (Fsp3) is 0.414. The summed E-state index contributed by atoms with van der Waals surface area (Å²) in [6.07, 6.45) is 2.93. The summed E-state index contributed by atoms with van der Waals surface area (Å²) in [6, 6.07) is 14.0. The molecule has 0 N–H and O–H groups in total. The lowest BCUT2D eigenvalue weighted by molar-refractivity contribution is 0.0368. The molecule has 0 radical (unpaired) electrons. The zero-order chi connectivity index (χ0) is 26.7. The van der Waals surface area contributed by atoms with E-state index < -0.39 is 10.0 Å². The highest BCUT2D eigenvalue weighted by atomic mass is 32.2. The van der Waals surface area contributed by atoms with Gasteiger partial charge < -0.3 is 4.74 Å². The zero-order valence-corrected chi connectivity index (χ0v) is 23.7. The fourth-order valence-electron chi connectivity index (χ4n) is 5.02. The number of aryl methyl sites for hydroxylation is 2. The van der Waals surface area contributed by atoms with Crippen LogP contribution in [0.3, 0.4) is 0 Å². The normalized spacial score (nSPS) is 16.6. The number of hydrogen-bond donors (Lipinski definition) is 1. The maximum atomic E-state index is 12.4. The second-order valence-electron chi connectivity index (χ2n) is 9.98. The van der Waals surface area contributed by atoms with Crippen LogP contribution < -0.4 is 0 Å². The van der Waals surface area contributed by atoms with E-state index in [4.69, 9.17) is 9.84 Å². The lowest BCUT2D eigenvalue weighted by Gasteiger charge is -2.27. The van der Waals surface area contributed by atoms with Crippen LogP contribution in [0, 0.1) is 18.8 Å². The van der Waals surface area contributed by atoms with Crippen LogP contribution in [0.25, 0.3) is 11.3 Å². The highest BCUT2D eigenvalue weighted by Gasteiger charge is 2.29. The highest BCUT2D eigenvalue weighted by Crippen LogP contribution is 2.32. The number of thiol groups is 1. The van der Waals surface area contributed by atoms with Gasteiger partial charge in [-0.25, -0.2) is 8.42 Å². The Morgan fingerprint density at radius 1 is 1.03 bits per heavy atom. The van der Waals surface area contributed by atoms with E-state index in [2.05, 4.69) is 59.2 Å². The van der Waals surface area contributed by atoms with Crippen molar-refractivity contribution in [2.75, 3.05) is 45.6 Å². The summed E-state index contributed by atoms with van der Waals surface area (Å²) in [5.74, 6) is 6.57. The van der Waals surface area contributed by atoms with E-state index >= 15 is 0 Å². The molecule has 2 aliphatic heterocycles.